The SMILES string of the molecule is CCCNC(=O)N(c1ccc(F)cc1)c1ccnc(NC(C)COC)n1. The number of ether oxygens (including phenoxy) is 1. The van der Waals surface area contributed by atoms with Crippen LogP contribution in [-0.4, -0.2) is 42.3 Å². The van der Waals surface area contributed by atoms with Crippen molar-refractivity contribution in [1.29, 1.82) is 0 Å². The Hall–Kier alpha value is -2.74. The summed E-state index contributed by atoms with van der Waals surface area (Å²) < 4.78 is 18.4. The predicted molar refractivity (Wildman–Crippen MR) is 99.2 cm³/mol. The Morgan fingerprint density at radius 2 is 2.04 bits per heavy atom. The van der Waals surface area contributed by atoms with Gasteiger partial charge in [-0.15, -0.1) is 0 Å². The van der Waals surface area contributed by atoms with E-state index in [1.54, 1.807) is 19.4 Å². The number of halogens is 1. The van der Waals surface area contributed by atoms with Gasteiger partial charge in [0.15, 0.2) is 0 Å². The molecule has 1 aromatic carbocycles. The summed E-state index contributed by atoms with van der Waals surface area (Å²) in [7, 11) is 1.61. The van der Waals surface area contributed by atoms with E-state index in [-0.39, 0.29) is 17.9 Å². The Bertz CT molecular complexity index is 711. The van der Waals surface area contributed by atoms with E-state index in [9.17, 15) is 9.18 Å². The molecular weight excluding hydrogens is 337 g/mol. The van der Waals surface area contributed by atoms with Gasteiger partial charge in [0.25, 0.3) is 0 Å². The van der Waals surface area contributed by atoms with Crippen LogP contribution in [0, 0.1) is 5.82 Å². The molecule has 0 aliphatic heterocycles. The monoisotopic (exact) mass is 361 g/mol. The van der Waals surface area contributed by atoms with Crippen molar-refractivity contribution in [2.45, 2.75) is 26.3 Å². The van der Waals surface area contributed by atoms with Crippen LogP contribution in [0.3, 0.4) is 0 Å². The van der Waals surface area contributed by atoms with Crippen LogP contribution in [0.4, 0.5) is 26.6 Å². The van der Waals surface area contributed by atoms with Crippen molar-refractivity contribution in [2.75, 3.05) is 30.5 Å². The molecule has 0 spiro atoms. The molecule has 0 bridgehead atoms. The molecule has 1 aromatic heterocycles. The molecule has 8 heteroatoms. The molecule has 0 saturated carbocycles. The molecular formula is C18H24FN5O2. The Morgan fingerprint density at radius 3 is 2.69 bits per heavy atom. The fourth-order valence-corrected chi connectivity index (χ4v) is 2.31. The molecule has 26 heavy (non-hydrogen) atoms. The van der Waals surface area contributed by atoms with Crippen molar-refractivity contribution in [1.82, 2.24) is 15.3 Å². The quantitative estimate of drug-likeness (QED) is 0.754. The molecule has 1 unspecified atom stereocenters. The topological polar surface area (TPSA) is 79.4 Å². The van der Waals surface area contributed by atoms with Gasteiger partial charge in [-0.3, -0.25) is 0 Å². The number of nitrogens with one attached hydrogen (secondary N) is 2. The lowest BCUT2D eigenvalue weighted by molar-refractivity contribution is 0.190. The van der Waals surface area contributed by atoms with Gasteiger partial charge in [0.1, 0.15) is 11.6 Å². The van der Waals surface area contributed by atoms with Gasteiger partial charge in [0.2, 0.25) is 5.95 Å². The second kappa shape index (κ2) is 9.67. The summed E-state index contributed by atoms with van der Waals surface area (Å²) in [6.07, 6.45) is 2.36. The smallest absolute Gasteiger partial charge is 0.327 e. The number of hydrogen-bond acceptors (Lipinski definition) is 5. The number of amides is 2. The highest BCUT2D eigenvalue weighted by molar-refractivity contribution is 5.98. The number of nitrogens with zero attached hydrogens (tertiary/aromatic N) is 3. The van der Waals surface area contributed by atoms with Crippen LogP contribution in [0.25, 0.3) is 0 Å². The van der Waals surface area contributed by atoms with Crippen LogP contribution >= 0.6 is 0 Å². The minimum absolute atomic E-state index is 0.00318. The standard InChI is InChI=1S/C18H24FN5O2/c1-4-10-21-18(25)24(15-7-5-14(19)6-8-15)16-9-11-20-17(23-16)22-13(2)12-26-3/h5-9,11,13H,4,10,12H2,1-3H3,(H,21,25)(H,20,22,23). The summed E-state index contributed by atoms with van der Waals surface area (Å²) >= 11 is 0. The molecule has 7 nitrogen and oxygen atoms in total. The molecule has 2 aromatic rings. The van der Waals surface area contributed by atoms with Crippen molar-refractivity contribution in [3.8, 4) is 0 Å². The number of urea groups is 1. The van der Waals surface area contributed by atoms with E-state index in [0.29, 0.717) is 30.6 Å². The molecule has 0 fully saturated rings. The Morgan fingerprint density at radius 1 is 1.31 bits per heavy atom. The van der Waals surface area contributed by atoms with Crippen molar-refractivity contribution >= 4 is 23.5 Å². The van der Waals surface area contributed by atoms with Crippen LogP contribution in [0.2, 0.25) is 0 Å². The number of hydrogen-bond donors (Lipinski definition) is 2. The maximum Gasteiger partial charge on any atom is 0.327 e. The highest BCUT2D eigenvalue weighted by Crippen LogP contribution is 2.24. The van der Waals surface area contributed by atoms with Crippen molar-refractivity contribution in [3.05, 3.63) is 42.3 Å². The van der Waals surface area contributed by atoms with Crippen LogP contribution in [-0.2, 0) is 4.74 Å². The maximum absolute atomic E-state index is 13.3. The van der Waals surface area contributed by atoms with Crippen LogP contribution in [0.5, 0.6) is 0 Å². The number of aromatic nitrogens is 2. The highest BCUT2D eigenvalue weighted by Gasteiger charge is 2.20. The zero-order chi connectivity index (χ0) is 18.9. The molecule has 2 rings (SSSR count). The third kappa shape index (κ3) is 5.38. The Labute approximate surface area is 152 Å². The van der Waals surface area contributed by atoms with Crippen LogP contribution < -0.4 is 15.5 Å². The van der Waals surface area contributed by atoms with Crippen molar-refractivity contribution in [3.63, 3.8) is 0 Å². The van der Waals surface area contributed by atoms with E-state index < -0.39 is 0 Å². The minimum Gasteiger partial charge on any atom is -0.383 e. The molecule has 1 heterocycles. The molecule has 0 radical (unpaired) electrons. The summed E-state index contributed by atoms with van der Waals surface area (Å²) in [5.41, 5.74) is 0.509. The minimum atomic E-state index is -0.374. The Balaban J connectivity index is 2.32. The zero-order valence-corrected chi connectivity index (χ0v) is 15.2. The fraction of sp³-hybridized carbons (Fsp3) is 0.389. The summed E-state index contributed by atoms with van der Waals surface area (Å²) in [6, 6.07) is 6.96. The number of anilines is 3. The third-order valence-corrected chi connectivity index (χ3v) is 3.48. The molecule has 140 valence electrons. The average Bonchev–Trinajstić information content (AvgIpc) is 2.62. The van der Waals surface area contributed by atoms with E-state index in [4.69, 9.17) is 4.74 Å². The van der Waals surface area contributed by atoms with Gasteiger partial charge < -0.3 is 15.4 Å². The predicted octanol–water partition coefficient (Wildman–Crippen LogP) is 3.32. The normalized spacial score (nSPS) is 11.7. The average molecular weight is 361 g/mol. The molecule has 0 aliphatic rings. The summed E-state index contributed by atoms with van der Waals surface area (Å²) in [4.78, 5) is 22.6. The van der Waals surface area contributed by atoms with Gasteiger partial charge in [-0.1, -0.05) is 6.92 Å². The Kier molecular flexibility index (Phi) is 7.28. The van der Waals surface area contributed by atoms with Gasteiger partial charge in [0, 0.05) is 32.0 Å². The summed E-state index contributed by atoms with van der Waals surface area (Å²) in [5, 5.41) is 5.93. The number of carbonyl (C=O) groups excluding carboxylic acids is 1. The van der Waals surface area contributed by atoms with Gasteiger partial charge in [0.05, 0.1) is 12.3 Å². The van der Waals surface area contributed by atoms with Gasteiger partial charge in [-0.2, -0.15) is 4.98 Å². The first-order valence-corrected chi connectivity index (χ1v) is 8.47. The van der Waals surface area contributed by atoms with Crippen molar-refractivity contribution < 1.29 is 13.9 Å². The first-order valence-electron chi connectivity index (χ1n) is 8.47. The van der Waals surface area contributed by atoms with Crippen LogP contribution in [0.1, 0.15) is 20.3 Å². The second-order valence-electron chi connectivity index (χ2n) is 5.78. The van der Waals surface area contributed by atoms with Crippen molar-refractivity contribution in [2.24, 2.45) is 0 Å². The zero-order valence-electron chi connectivity index (χ0n) is 15.2. The summed E-state index contributed by atoms with van der Waals surface area (Å²) in [5.74, 6) is 0.385. The second-order valence-corrected chi connectivity index (χ2v) is 5.78. The van der Waals surface area contributed by atoms with E-state index in [2.05, 4.69) is 20.6 Å². The maximum atomic E-state index is 13.3. The van der Waals surface area contributed by atoms with Gasteiger partial charge in [-0.05, 0) is 37.6 Å². The molecule has 2 amide bonds. The summed E-state index contributed by atoms with van der Waals surface area (Å²) in [6.45, 7) is 4.92. The van der Waals surface area contributed by atoms with E-state index in [0.717, 1.165) is 6.42 Å². The first-order chi connectivity index (χ1) is 12.5. The lowest BCUT2D eigenvalue weighted by atomic mass is 10.3. The third-order valence-electron chi connectivity index (χ3n) is 3.48. The number of rotatable bonds is 8. The fourth-order valence-electron chi connectivity index (χ4n) is 2.31. The van der Waals surface area contributed by atoms with E-state index >= 15 is 0 Å². The number of carbonyl (C=O) groups is 1. The van der Waals surface area contributed by atoms with E-state index in [1.807, 2.05) is 13.8 Å². The van der Waals surface area contributed by atoms with Crippen LogP contribution in [0.15, 0.2) is 36.5 Å². The van der Waals surface area contributed by atoms with E-state index in [1.165, 1.54) is 29.2 Å². The number of methoxy groups -OCH3 is 1. The molecule has 1 atom stereocenters. The molecule has 0 aliphatic carbocycles. The van der Waals surface area contributed by atoms with Gasteiger partial charge in [-0.25, -0.2) is 19.1 Å². The lowest BCUT2D eigenvalue weighted by Crippen LogP contribution is -2.37. The molecule has 2 N–H and O–H groups in total. The van der Waals surface area contributed by atoms with Gasteiger partial charge >= 0.3 is 6.03 Å². The molecule has 0 saturated heterocycles. The highest BCUT2D eigenvalue weighted by atomic mass is 19.1. The lowest BCUT2D eigenvalue weighted by Gasteiger charge is -2.23. The first kappa shape index (κ1) is 19.6. The largest absolute Gasteiger partial charge is 0.383 e. The number of benzene rings is 1.